The molecule has 2 aromatic carbocycles. The topological polar surface area (TPSA) is 66.7 Å². The zero-order chi connectivity index (χ0) is 19.2. The normalized spacial score (nSPS) is 14.5. The number of halogens is 3. The van der Waals surface area contributed by atoms with Crippen molar-refractivity contribution in [1.82, 2.24) is 9.80 Å². The molecule has 158 valence electrons. The monoisotopic (exact) mass is 443 g/mol. The molecule has 1 fully saturated rings. The summed E-state index contributed by atoms with van der Waals surface area (Å²) in [7, 11) is 0. The molecule has 1 aliphatic heterocycles. The summed E-state index contributed by atoms with van der Waals surface area (Å²) in [5.74, 6) is -0.222. The van der Waals surface area contributed by atoms with Crippen LogP contribution < -0.4 is 0 Å². The first kappa shape index (κ1) is 25.0. The van der Waals surface area contributed by atoms with E-state index < -0.39 is 4.92 Å². The Morgan fingerprint density at radius 2 is 1.48 bits per heavy atom. The van der Waals surface area contributed by atoms with Crippen molar-refractivity contribution in [2.75, 3.05) is 32.7 Å². The molecule has 0 atom stereocenters. The molecule has 0 aromatic heterocycles. The van der Waals surface area contributed by atoms with Crippen LogP contribution in [-0.2, 0) is 6.54 Å². The number of Topliss-reactive ketones (excluding diaryl/α,β-unsaturated/α-hetero) is 1. The summed E-state index contributed by atoms with van der Waals surface area (Å²) < 4.78 is 13.0. The maximum atomic E-state index is 13.0. The van der Waals surface area contributed by atoms with Gasteiger partial charge >= 0.3 is 0 Å². The third-order valence-electron chi connectivity index (χ3n) is 4.84. The summed E-state index contributed by atoms with van der Waals surface area (Å²) in [5, 5.41) is 10.7. The fraction of sp³-hybridized carbons (Fsp3) is 0.350. The molecule has 0 saturated carbocycles. The molecule has 0 radical (unpaired) electrons. The summed E-state index contributed by atoms with van der Waals surface area (Å²) in [4.78, 5) is 27.0. The van der Waals surface area contributed by atoms with Crippen LogP contribution in [0.1, 0.15) is 22.3 Å². The van der Waals surface area contributed by atoms with E-state index in [0.717, 1.165) is 38.3 Å². The van der Waals surface area contributed by atoms with Crippen molar-refractivity contribution >= 4 is 36.3 Å². The molecule has 0 unspecified atom stereocenters. The molecular weight excluding hydrogens is 420 g/mol. The fourth-order valence-corrected chi connectivity index (χ4v) is 3.19. The van der Waals surface area contributed by atoms with Gasteiger partial charge in [-0.3, -0.25) is 19.8 Å². The molecule has 1 saturated heterocycles. The van der Waals surface area contributed by atoms with Gasteiger partial charge in [0.15, 0.2) is 5.78 Å². The van der Waals surface area contributed by atoms with Gasteiger partial charge in [0.25, 0.3) is 5.69 Å². The Morgan fingerprint density at radius 1 is 0.931 bits per heavy atom. The number of nitro benzene ring substituents is 1. The number of benzene rings is 2. The number of hydrogen-bond donors (Lipinski definition) is 0. The Labute approximate surface area is 181 Å². The van der Waals surface area contributed by atoms with Crippen LogP contribution in [-0.4, -0.2) is 53.2 Å². The van der Waals surface area contributed by atoms with E-state index in [2.05, 4.69) is 9.80 Å². The first-order chi connectivity index (χ1) is 13.0. The molecule has 1 aliphatic rings. The van der Waals surface area contributed by atoms with Gasteiger partial charge in [-0.15, -0.1) is 24.8 Å². The summed E-state index contributed by atoms with van der Waals surface area (Å²) in [6.45, 7) is 5.06. The van der Waals surface area contributed by atoms with Gasteiger partial charge in [-0.05, 0) is 29.8 Å². The number of ketones is 1. The Balaban J connectivity index is 0.00000210. The SMILES string of the molecule is Cl.Cl.O=C(CCN1CCN(Cc2ccc(F)cc2)CC1)c1ccc([N+](=O)[O-])cc1. The molecule has 0 spiro atoms. The highest BCUT2D eigenvalue weighted by Gasteiger charge is 2.18. The number of carbonyl (C=O) groups is 1. The second-order valence-electron chi connectivity index (χ2n) is 6.72. The highest BCUT2D eigenvalue weighted by atomic mass is 35.5. The average molecular weight is 444 g/mol. The molecule has 0 amide bonds. The number of hydrogen-bond acceptors (Lipinski definition) is 5. The minimum Gasteiger partial charge on any atom is -0.300 e. The van der Waals surface area contributed by atoms with Crippen LogP contribution in [0.3, 0.4) is 0 Å². The van der Waals surface area contributed by atoms with Crippen LogP contribution in [0.25, 0.3) is 0 Å². The van der Waals surface area contributed by atoms with Crippen molar-refractivity contribution in [2.45, 2.75) is 13.0 Å². The molecular formula is C20H24Cl2FN3O3. The van der Waals surface area contributed by atoms with Gasteiger partial charge in [0, 0.05) is 63.4 Å². The zero-order valence-electron chi connectivity index (χ0n) is 15.8. The van der Waals surface area contributed by atoms with E-state index in [0.29, 0.717) is 18.5 Å². The highest BCUT2D eigenvalue weighted by Crippen LogP contribution is 2.14. The zero-order valence-corrected chi connectivity index (χ0v) is 17.5. The van der Waals surface area contributed by atoms with Crippen LogP contribution in [0.5, 0.6) is 0 Å². The standard InChI is InChI=1S/C20H22FN3O3.2ClH/c21-18-5-1-16(2-6-18)15-23-13-11-22(12-14-23)10-9-20(25)17-3-7-19(8-4-17)24(26)27;;/h1-8H,9-15H2;2*1H. The maximum absolute atomic E-state index is 13.0. The van der Waals surface area contributed by atoms with Crippen molar-refractivity contribution in [1.29, 1.82) is 0 Å². The van der Waals surface area contributed by atoms with Gasteiger partial charge in [0.2, 0.25) is 0 Å². The predicted octanol–water partition coefficient (Wildman–Crippen LogP) is 3.97. The smallest absolute Gasteiger partial charge is 0.269 e. The lowest BCUT2D eigenvalue weighted by atomic mass is 10.1. The van der Waals surface area contributed by atoms with E-state index in [1.165, 1.54) is 36.4 Å². The predicted molar refractivity (Wildman–Crippen MR) is 115 cm³/mol. The van der Waals surface area contributed by atoms with Crippen molar-refractivity contribution in [2.24, 2.45) is 0 Å². The molecule has 0 bridgehead atoms. The van der Waals surface area contributed by atoms with Gasteiger partial charge < -0.3 is 4.90 Å². The van der Waals surface area contributed by atoms with Crippen LogP contribution in [0, 0.1) is 15.9 Å². The number of piperazine rings is 1. The van der Waals surface area contributed by atoms with Gasteiger partial charge in [0.05, 0.1) is 4.92 Å². The summed E-state index contributed by atoms with van der Waals surface area (Å²) in [6.07, 6.45) is 0.399. The quantitative estimate of drug-likeness (QED) is 0.367. The van der Waals surface area contributed by atoms with Crippen LogP contribution in [0.2, 0.25) is 0 Å². The van der Waals surface area contributed by atoms with Crippen LogP contribution >= 0.6 is 24.8 Å². The van der Waals surface area contributed by atoms with E-state index in [9.17, 15) is 19.3 Å². The summed E-state index contributed by atoms with van der Waals surface area (Å²) >= 11 is 0. The lowest BCUT2D eigenvalue weighted by Crippen LogP contribution is -2.46. The largest absolute Gasteiger partial charge is 0.300 e. The van der Waals surface area contributed by atoms with Crippen molar-refractivity contribution in [3.05, 3.63) is 75.6 Å². The Bertz CT molecular complexity index is 796. The number of non-ortho nitro benzene ring substituents is 1. The second-order valence-corrected chi connectivity index (χ2v) is 6.72. The molecule has 0 aliphatic carbocycles. The summed E-state index contributed by atoms with van der Waals surface area (Å²) in [6, 6.07) is 12.3. The Kier molecular flexibility index (Phi) is 10.2. The van der Waals surface area contributed by atoms with E-state index in [-0.39, 0.29) is 42.1 Å². The van der Waals surface area contributed by atoms with Crippen molar-refractivity contribution in [3.63, 3.8) is 0 Å². The molecule has 2 aromatic rings. The van der Waals surface area contributed by atoms with E-state index in [1.54, 1.807) is 0 Å². The third-order valence-corrected chi connectivity index (χ3v) is 4.84. The highest BCUT2D eigenvalue weighted by molar-refractivity contribution is 5.96. The number of nitro groups is 1. The molecule has 6 nitrogen and oxygen atoms in total. The third kappa shape index (κ3) is 7.36. The molecule has 3 rings (SSSR count). The van der Waals surface area contributed by atoms with E-state index in [1.807, 2.05) is 12.1 Å². The molecule has 29 heavy (non-hydrogen) atoms. The van der Waals surface area contributed by atoms with Gasteiger partial charge in [-0.2, -0.15) is 0 Å². The van der Waals surface area contributed by atoms with Crippen molar-refractivity contribution in [3.8, 4) is 0 Å². The second kappa shape index (κ2) is 11.8. The first-order valence-electron chi connectivity index (χ1n) is 8.98. The Hall–Kier alpha value is -2.06. The van der Waals surface area contributed by atoms with E-state index >= 15 is 0 Å². The Morgan fingerprint density at radius 3 is 2.03 bits per heavy atom. The fourth-order valence-electron chi connectivity index (χ4n) is 3.19. The lowest BCUT2D eigenvalue weighted by molar-refractivity contribution is -0.384. The minimum absolute atomic E-state index is 0. The van der Waals surface area contributed by atoms with Gasteiger partial charge in [-0.1, -0.05) is 12.1 Å². The van der Waals surface area contributed by atoms with Crippen LogP contribution in [0.15, 0.2) is 48.5 Å². The maximum Gasteiger partial charge on any atom is 0.269 e. The first-order valence-corrected chi connectivity index (χ1v) is 8.98. The number of rotatable bonds is 7. The van der Waals surface area contributed by atoms with Crippen LogP contribution in [0.4, 0.5) is 10.1 Å². The van der Waals surface area contributed by atoms with E-state index in [4.69, 9.17) is 0 Å². The van der Waals surface area contributed by atoms with Gasteiger partial charge in [0.1, 0.15) is 5.82 Å². The van der Waals surface area contributed by atoms with Crippen molar-refractivity contribution < 1.29 is 14.1 Å². The lowest BCUT2D eigenvalue weighted by Gasteiger charge is -2.34. The number of carbonyl (C=O) groups excluding carboxylic acids is 1. The number of nitrogens with zero attached hydrogens (tertiary/aromatic N) is 3. The average Bonchev–Trinajstić information content (AvgIpc) is 2.69. The summed E-state index contributed by atoms with van der Waals surface area (Å²) in [5.41, 5.74) is 1.59. The molecule has 0 N–H and O–H groups in total. The van der Waals surface area contributed by atoms with Gasteiger partial charge in [-0.25, -0.2) is 4.39 Å². The molecule has 1 heterocycles. The minimum atomic E-state index is -0.473. The molecule has 9 heteroatoms.